The van der Waals surface area contributed by atoms with Gasteiger partial charge >= 0.3 is 0 Å². The largest absolute Gasteiger partial charge is 0.326 e. The number of carbonyl (C=O) groups is 1. The molecule has 1 aromatic carbocycles. The van der Waals surface area contributed by atoms with E-state index in [1.54, 1.807) is 31.2 Å². The van der Waals surface area contributed by atoms with Crippen LogP contribution in [0.1, 0.15) is 12.6 Å². The van der Waals surface area contributed by atoms with Crippen LogP contribution in [-0.2, 0) is 4.79 Å². The number of nitrogens with zero attached hydrogens (tertiary/aromatic N) is 2. The van der Waals surface area contributed by atoms with Crippen molar-refractivity contribution >= 4 is 23.2 Å². The quantitative estimate of drug-likeness (QED) is 0.768. The molecule has 3 N–H and O–H groups in total. The fraction of sp³-hybridized carbons (Fsp3) is 0.167. The summed E-state index contributed by atoms with van der Waals surface area (Å²) in [6.07, 6.45) is 0. The first kappa shape index (κ1) is 12.7. The standard InChI is InChI=1S/C12H13N5O2/c1-7-11(19)15-12(17-16-7)14-10-5-3-9(4-6-10)13-8(2)18/h3-6H,1-2H3,(H,13,18)(H2,14,15,17,19). The number of benzene rings is 1. The number of rotatable bonds is 3. The fourth-order valence-corrected chi connectivity index (χ4v) is 1.43. The van der Waals surface area contributed by atoms with Gasteiger partial charge in [0.2, 0.25) is 11.9 Å². The second-order valence-electron chi connectivity index (χ2n) is 3.97. The van der Waals surface area contributed by atoms with E-state index in [-0.39, 0.29) is 17.4 Å². The SMILES string of the molecule is CC(=O)Nc1ccc(Nc2nnc(C)c(=O)[nH]2)cc1. The number of carbonyl (C=O) groups excluding carboxylic acids is 1. The molecule has 0 aliphatic heterocycles. The van der Waals surface area contributed by atoms with Crippen molar-refractivity contribution in [1.29, 1.82) is 0 Å². The Morgan fingerprint density at radius 1 is 1.16 bits per heavy atom. The van der Waals surface area contributed by atoms with Crippen LogP contribution in [0.4, 0.5) is 17.3 Å². The summed E-state index contributed by atoms with van der Waals surface area (Å²) in [6.45, 7) is 3.02. The van der Waals surface area contributed by atoms with Crippen LogP contribution >= 0.6 is 0 Å². The molecule has 2 aromatic rings. The average Bonchev–Trinajstić information content (AvgIpc) is 2.36. The van der Waals surface area contributed by atoms with Crippen LogP contribution in [0, 0.1) is 6.92 Å². The summed E-state index contributed by atoms with van der Waals surface area (Å²) in [5.74, 6) is 0.136. The Balaban J connectivity index is 2.12. The minimum atomic E-state index is -0.285. The van der Waals surface area contributed by atoms with Crippen molar-refractivity contribution < 1.29 is 4.79 Å². The molecule has 0 radical (unpaired) electrons. The molecular formula is C12H13N5O2. The van der Waals surface area contributed by atoms with Crippen molar-refractivity contribution in [2.24, 2.45) is 0 Å². The van der Waals surface area contributed by atoms with Crippen LogP contribution < -0.4 is 16.2 Å². The Hall–Kier alpha value is -2.70. The lowest BCUT2D eigenvalue weighted by Crippen LogP contribution is -2.15. The third-order valence-corrected chi connectivity index (χ3v) is 2.33. The molecule has 7 heteroatoms. The molecule has 0 aliphatic rings. The van der Waals surface area contributed by atoms with E-state index in [1.807, 2.05) is 0 Å². The highest BCUT2D eigenvalue weighted by Gasteiger charge is 2.01. The van der Waals surface area contributed by atoms with Gasteiger partial charge in [-0.2, -0.15) is 0 Å². The molecule has 19 heavy (non-hydrogen) atoms. The fourth-order valence-electron chi connectivity index (χ4n) is 1.43. The van der Waals surface area contributed by atoms with Crippen molar-refractivity contribution in [3.8, 4) is 0 Å². The Bertz CT molecular complexity index is 648. The predicted octanol–water partition coefficient (Wildman–Crippen LogP) is 1.18. The molecule has 0 unspecified atom stereocenters. The van der Waals surface area contributed by atoms with Gasteiger partial charge in [-0.25, -0.2) is 0 Å². The van der Waals surface area contributed by atoms with Gasteiger partial charge in [0.25, 0.3) is 5.56 Å². The zero-order valence-electron chi connectivity index (χ0n) is 10.5. The average molecular weight is 259 g/mol. The number of amides is 1. The lowest BCUT2D eigenvalue weighted by Gasteiger charge is -2.06. The lowest BCUT2D eigenvalue weighted by molar-refractivity contribution is -0.114. The van der Waals surface area contributed by atoms with Crippen molar-refractivity contribution in [2.45, 2.75) is 13.8 Å². The van der Waals surface area contributed by atoms with Crippen molar-refractivity contribution in [3.05, 3.63) is 40.3 Å². The number of anilines is 3. The molecule has 1 heterocycles. The first-order valence-electron chi connectivity index (χ1n) is 5.63. The lowest BCUT2D eigenvalue weighted by atomic mass is 10.3. The van der Waals surface area contributed by atoms with E-state index >= 15 is 0 Å². The third kappa shape index (κ3) is 3.38. The maximum Gasteiger partial charge on any atom is 0.273 e. The summed E-state index contributed by atoms with van der Waals surface area (Å²) in [7, 11) is 0. The van der Waals surface area contributed by atoms with E-state index in [4.69, 9.17) is 0 Å². The Morgan fingerprint density at radius 3 is 2.37 bits per heavy atom. The summed E-state index contributed by atoms with van der Waals surface area (Å²) in [5, 5.41) is 13.1. The molecule has 0 atom stereocenters. The molecule has 1 amide bonds. The van der Waals surface area contributed by atoms with E-state index in [0.29, 0.717) is 11.4 Å². The van der Waals surface area contributed by atoms with Gasteiger partial charge in [0.1, 0.15) is 5.69 Å². The van der Waals surface area contributed by atoms with Gasteiger partial charge in [0, 0.05) is 18.3 Å². The zero-order chi connectivity index (χ0) is 13.8. The Kier molecular flexibility index (Phi) is 3.56. The van der Waals surface area contributed by atoms with Gasteiger partial charge in [-0.15, -0.1) is 10.2 Å². The first-order chi connectivity index (χ1) is 9.04. The number of hydrogen-bond acceptors (Lipinski definition) is 5. The smallest absolute Gasteiger partial charge is 0.273 e. The Morgan fingerprint density at radius 2 is 1.79 bits per heavy atom. The molecule has 1 aromatic heterocycles. The molecule has 2 rings (SSSR count). The van der Waals surface area contributed by atoms with E-state index in [2.05, 4.69) is 25.8 Å². The van der Waals surface area contributed by atoms with Crippen molar-refractivity contribution in [1.82, 2.24) is 15.2 Å². The molecule has 0 aliphatic carbocycles. The van der Waals surface area contributed by atoms with Crippen LogP contribution in [-0.4, -0.2) is 21.1 Å². The minimum Gasteiger partial charge on any atom is -0.326 e. The van der Waals surface area contributed by atoms with Crippen molar-refractivity contribution in [3.63, 3.8) is 0 Å². The maximum absolute atomic E-state index is 11.4. The highest BCUT2D eigenvalue weighted by Crippen LogP contribution is 2.15. The van der Waals surface area contributed by atoms with Crippen LogP contribution in [0.2, 0.25) is 0 Å². The number of hydrogen-bond donors (Lipinski definition) is 3. The second-order valence-corrected chi connectivity index (χ2v) is 3.97. The topological polar surface area (TPSA) is 99.8 Å². The van der Waals surface area contributed by atoms with Gasteiger partial charge in [-0.05, 0) is 31.2 Å². The summed E-state index contributed by atoms with van der Waals surface area (Å²) in [5.41, 5.74) is 1.45. The maximum atomic E-state index is 11.4. The van der Waals surface area contributed by atoms with Gasteiger partial charge in [-0.3, -0.25) is 14.6 Å². The predicted molar refractivity (Wildman–Crippen MR) is 71.4 cm³/mol. The van der Waals surface area contributed by atoms with Crippen LogP contribution in [0.15, 0.2) is 29.1 Å². The van der Waals surface area contributed by atoms with Gasteiger partial charge < -0.3 is 10.6 Å². The van der Waals surface area contributed by atoms with E-state index in [1.165, 1.54) is 6.92 Å². The zero-order valence-corrected chi connectivity index (χ0v) is 10.5. The third-order valence-electron chi connectivity index (χ3n) is 2.33. The second kappa shape index (κ2) is 5.30. The van der Waals surface area contributed by atoms with Gasteiger partial charge in [0.05, 0.1) is 0 Å². The normalized spacial score (nSPS) is 10.0. The molecule has 0 saturated carbocycles. The van der Waals surface area contributed by atoms with Crippen LogP contribution in [0.25, 0.3) is 0 Å². The van der Waals surface area contributed by atoms with E-state index < -0.39 is 0 Å². The molecule has 0 spiro atoms. The number of aryl methyl sites for hydroxylation is 1. The monoisotopic (exact) mass is 259 g/mol. The molecule has 0 bridgehead atoms. The molecule has 0 fully saturated rings. The van der Waals surface area contributed by atoms with E-state index in [0.717, 1.165) is 5.69 Å². The van der Waals surface area contributed by atoms with Gasteiger partial charge in [-0.1, -0.05) is 0 Å². The highest BCUT2D eigenvalue weighted by molar-refractivity contribution is 5.88. The number of nitrogens with one attached hydrogen (secondary N) is 3. The van der Waals surface area contributed by atoms with E-state index in [9.17, 15) is 9.59 Å². The van der Waals surface area contributed by atoms with Crippen LogP contribution in [0.5, 0.6) is 0 Å². The highest BCUT2D eigenvalue weighted by atomic mass is 16.1. The number of H-pyrrole nitrogens is 1. The summed E-state index contributed by atoms with van der Waals surface area (Å²) in [4.78, 5) is 24.8. The molecule has 7 nitrogen and oxygen atoms in total. The summed E-state index contributed by atoms with van der Waals surface area (Å²) >= 11 is 0. The Labute approximate surface area is 109 Å². The van der Waals surface area contributed by atoms with Gasteiger partial charge in [0.15, 0.2) is 0 Å². The number of aromatic amines is 1. The molecular weight excluding hydrogens is 246 g/mol. The summed E-state index contributed by atoms with van der Waals surface area (Å²) in [6, 6.07) is 6.99. The van der Waals surface area contributed by atoms with Crippen LogP contribution in [0.3, 0.4) is 0 Å². The summed E-state index contributed by atoms with van der Waals surface area (Å²) < 4.78 is 0. The van der Waals surface area contributed by atoms with Crippen molar-refractivity contribution in [2.75, 3.05) is 10.6 Å². The number of aromatic nitrogens is 3. The molecule has 0 saturated heterocycles. The first-order valence-corrected chi connectivity index (χ1v) is 5.63. The molecule has 98 valence electrons. The minimum absolute atomic E-state index is 0.130.